The van der Waals surface area contributed by atoms with Gasteiger partial charge in [0.05, 0.1) is 0 Å². The third kappa shape index (κ3) is 3.34. The number of para-hydroxylation sites is 1. The molecule has 0 atom stereocenters. The van der Waals surface area contributed by atoms with Crippen molar-refractivity contribution < 1.29 is 0 Å². The van der Waals surface area contributed by atoms with Crippen molar-refractivity contribution in [1.29, 1.82) is 0 Å². The maximum absolute atomic E-state index is 3.44. The van der Waals surface area contributed by atoms with Crippen molar-refractivity contribution in [3.8, 4) is 0 Å². The van der Waals surface area contributed by atoms with Crippen LogP contribution in [-0.2, 0) is 12.0 Å². The first kappa shape index (κ1) is 12.2. The minimum atomic E-state index is 0.260. The van der Waals surface area contributed by atoms with Crippen molar-refractivity contribution in [3.05, 3.63) is 52.2 Å². The van der Waals surface area contributed by atoms with Crippen molar-refractivity contribution >= 4 is 17.0 Å². The second-order valence-electron chi connectivity index (χ2n) is 5.24. The minimum absolute atomic E-state index is 0.260. The van der Waals surface area contributed by atoms with Crippen LogP contribution in [0.15, 0.2) is 42.5 Å². The third-order valence-electron chi connectivity index (χ3n) is 2.64. The van der Waals surface area contributed by atoms with Gasteiger partial charge in [-0.3, -0.25) is 0 Å². The van der Waals surface area contributed by atoms with Crippen LogP contribution < -0.4 is 5.32 Å². The normalized spacial score (nSPS) is 11.5. The molecule has 1 N–H and O–H groups in total. The van der Waals surface area contributed by atoms with Crippen LogP contribution in [0, 0.1) is 0 Å². The molecule has 1 heterocycles. The van der Waals surface area contributed by atoms with E-state index in [0.717, 1.165) is 6.54 Å². The van der Waals surface area contributed by atoms with Crippen LogP contribution >= 0.6 is 11.3 Å². The molecule has 0 fully saturated rings. The van der Waals surface area contributed by atoms with E-state index in [4.69, 9.17) is 0 Å². The molecule has 0 aliphatic carbocycles. The summed E-state index contributed by atoms with van der Waals surface area (Å²) in [6, 6.07) is 14.8. The molecule has 0 saturated heterocycles. The highest BCUT2D eigenvalue weighted by Crippen LogP contribution is 2.29. The number of hydrogen-bond donors (Lipinski definition) is 1. The Kier molecular flexibility index (Phi) is 3.53. The maximum atomic E-state index is 3.44. The van der Waals surface area contributed by atoms with Crippen LogP contribution in [-0.4, -0.2) is 0 Å². The highest BCUT2D eigenvalue weighted by Gasteiger charge is 2.15. The molecule has 1 aromatic carbocycles. The largest absolute Gasteiger partial charge is 0.380 e. The average Bonchev–Trinajstić information content (AvgIpc) is 2.76. The zero-order valence-electron chi connectivity index (χ0n) is 10.7. The molecule has 2 rings (SSSR count). The molecular formula is C15H19NS. The molecule has 0 bridgehead atoms. The van der Waals surface area contributed by atoms with E-state index in [9.17, 15) is 0 Å². The Bertz CT molecular complexity index is 465. The van der Waals surface area contributed by atoms with Crippen LogP contribution in [0.5, 0.6) is 0 Å². The lowest BCUT2D eigenvalue weighted by molar-refractivity contribution is 0.604. The SMILES string of the molecule is CC(C)(C)c1ccc(CNc2ccccc2)s1. The van der Waals surface area contributed by atoms with Crippen molar-refractivity contribution in [2.24, 2.45) is 0 Å². The van der Waals surface area contributed by atoms with Crippen LogP contribution in [0.2, 0.25) is 0 Å². The maximum Gasteiger partial charge on any atom is 0.0494 e. The molecule has 0 radical (unpaired) electrons. The molecule has 1 nitrogen and oxygen atoms in total. The predicted octanol–water partition coefficient (Wildman–Crippen LogP) is 4.66. The Balaban J connectivity index is 1.99. The van der Waals surface area contributed by atoms with E-state index in [1.165, 1.54) is 15.4 Å². The van der Waals surface area contributed by atoms with E-state index in [1.54, 1.807) is 0 Å². The summed E-state index contributed by atoms with van der Waals surface area (Å²) >= 11 is 1.90. The Labute approximate surface area is 108 Å². The monoisotopic (exact) mass is 245 g/mol. The fraction of sp³-hybridized carbons (Fsp3) is 0.333. The summed E-state index contributed by atoms with van der Waals surface area (Å²) in [5.74, 6) is 0. The Hall–Kier alpha value is -1.28. The van der Waals surface area contributed by atoms with Gasteiger partial charge < -0.3 is 5.32 Å². The van der Waals surface area contributed by atoms with Gasteiger partial charge in [-0.25, -0.2) is 0 Å². The molecule has 90 valence electrons. The summed E-state index contributed by atoms with van der Waals surface area (Å²) in [5, 5.41) is 3.44. The van der Waals surface area contributed by atoms with E-state index in [2.05, 4.69) is 62.5 Å². The average molecular weight is 245 g/mol. The minimum Gasteiger partial charge on any atom is -0.380 e. The molecule has 2 heteroatoms. The number of anilines is 1. The number of rotatable bonds is 3. The van der Waals surface area contributed by atoms with Crippen LogP contribution in [0.1, 0.15) is 30.5 Å². The summed E-state index contributed by atoms with van der Waals surface area (Å²) < 4.78 is 0. The molecule has 0 aliphatic heterocycles. The van der Waals surface area contributed by atoms with E-state index in [0.29, 0.717) is 0 Å². The molecule has 17 heavy (non-hydrogen) atoms. The topological polar surface area (TPSA) is 12.0 Å². The highest BCUT2D eigenvalue weighted by atomic mass is 32.1. The second-order valence-corrected chi connectivity index (χ2v) is 6.40. The standard InChI is InChI=1S/C15H19NS/c1-15(2,3)14-10-9-13(17-14)11-16-12-7-5-4-6-8-12/h4-10,16H,11H2,1-3H3. The van der Waals surface area contributed by atoms with Crippen molar-refractivity contribution in [1.82, 2.24) is 0 Å². The van der Waals surface area contributed by atoms with Crippen molar-refractivity contribution in [3.63, 3.8) is 0 Å². The van der Waals surface area contributed by atoms with E-state index >= 15 is 0 Å². The lowest BCUT2D eigenvalue weighted by Crippen LogP contribution is -2.07. The molecule has 0 saturated carbocycles. The highest BCUT2D eigenvalue weighted by molar-refractivity contribution is 7.12. The summed E-state index contributed by atoms with van der Waals surface area (Å²) in [6.07, 6.45) is 0. The lowest BCUT2D eigenvalue weighted by Gasteiger charge is -2.15. The van der Waals surface area contributed by atoms with Crippen molar-refractivity contribution in [2.45, 2.75) is 32.7 Å². The van der Waals surface area contributed by atoms with Crippen LogP contribution in [0.25, 0.3) is 0 Å². The lowest BCUT2D eigenvalue weighted by atomic mass is 9.95. The molecule has 0 spiro atoms. The zero-order valence-corrected chi connectivity index (χ0v) is 11.5. The van der Waals surface area contributed by atoms with Gasteiger partial charge in [0.1, 0.15) is 0 Å². The van der Waals surface area contributed by atoms with Gasteiger partial charge in [0, 0.05) is 22.0 Å². The first-order valence-electron chi connectivity index (χ1n) is 5.94. The quantitative estimate of drug-likeness (QED) is 0.829. The van der Waals surface area contributed by atoms with Gasteiger partial charge in [0.25, 0.3) is 0 Å². The van der Waals surface area contributed by atoms with Crippen LogP contribution in [0.4, 0.5) is 5.69 Å². The van der Waals surface area contributed by atoms with Gasteiger partial charge in [0.2, 0.25) is 0 Å². The number of thiophene rings is 1. The summed E-state index contributed by atoms with van der Waals surface area (Å²) in [7, 11) is 0. The molecule has 1 aromatic heterocycles. The third-order valence-corrected chi connectivity index (χ3v) is 4.15. The van der Waals surface area contributed by atoms with Gasteiger partial charge >= 0.3 is 0 Å². The van der Waals surface area contributed by atoms with E-state index in [-0.39, 0.29) is 5.41 Å². The summed E-state index contributed by atoms with van der Waals surface area (Å²) in [5.41, 5.74) is 1.44. The summed E-state index contributed by atoms with van der Waals surface area (Å²) in [6.45, 7) is 7.68. The fourth-order valence-corrected chi connectivity index (χ4v) is 2.63. The summed E-state index contributed by atoms with van der Waals surface area (Å²) in [4.78, 5) is 2.83. The van der Waals surface area contributed by atoms with Gasteiger partial charge in [-0.05, 0) is 29.7 Å². The van der Waals surface area contributed by atoms with Gasteiger partial charge in [-0.2, -0.15) is 0 Å². The van der Waals surface area contributed by atoms with Crippen LogP contribution in [0.3, 0.4) is 0 Å². The molecule has 0 amide bonds. The Morgan fingerprint density at radius 2 is 1.71 bits per heavy atom. The molecule has 0 aliphatic rings. The van der Waals surface area contributed by atoms with Gasteiger partial charge in [-0.15, -0.1) is 11.3 Å². The molecule has 2 aromatic rings. The first-order chi connectivity index (χ1) is 8.05. The van der Waals surface area contributed by atoms with E-state index < -0.39 is 0 Å². The van der Waals surface area contributed by atoms with E-state index in [1.807, 2.05) is 17.4 Å². The van der Waals surface area contributed by atoms with Crippen molar-refractivity contribution in [2.75, 3.05) is 5.32 Å². The Morgan fingerprint density at radius 3 is 2.29 bits per heavy atom. The Morgan fingerprint density at radius 1 is 1.00 bits per heavy atom. The first-order valence-corrected chi connectivity index (χ1v) is 6.75. The number of benzene rings is 1. The number of nitrogens with one attached hydrogen (secondary N) is 1. The predicted molar refractivity (Wildman–Crippen MR) is 76.8 cm³/mol. The molecule has 0 unspecified atom stereocenters. The smallest absolute Gasteiger partial charge is 0.0494 e. The number of hydrogen-bond acceptors (Lipinski definition) is 2. The van der Waals surface area contributed by atoms with Gasteiger partial charge in [-0.1, -0.05) is 39.0 Å². The van der Waals surface area contributed by atoms with Gasteiger partial charge in [0.15, 0.2) is 0 Å². The second kappa shape index (κ2) is 4.92. The molecular weight excluding hydrogens is 226 g/mol. The zero-order chi connectivity index (χ0) is 12.3. The fourth-order valence-electron chi connectivity index (χ4n) is 1.62.